The molecule has 0 amide bonds. The number of hydrogen-bond acceptors (Lipinski definition) is 5. The Kier molecular flexibility index (Phi) is 57.9. The van der Waals surface area contributed by atoms with Crippen LogP contribution in [-0.2, 0) is 23.8 Å². The smallest absolute Gasteiger partial charge is 0.306 e. The first-order valence-corrected chi connectivity index (χ1v) is 30.1. The number of hydrogen-bond donors (Lipinski definition) is 0. The van der Waals surface area contributed by atoms with E-state index < -0.39 is 6.10 Å². The SMILES string of the molecule is CC/C=C\C/C=C\C/C=C\C/C=C\C/C=C\CCCCCC(=O)OCC(COCCCCCCCCCCCC/C=C\C/C=C\CCCCC)OC(=O)CCCCCCCCCCCCCCCCC. The Morgan fingerprint density at radius 2 is 0.643 bits per heavy atom. The first-order valence-electron chi connectivity index (χ1n) is 30.1. The Morgan fingerprint density at radius 1 is 0.329 bits per heavy atom. The summed E-state index contributed by atoms with van der Waals surface area (Å²) >= 11 is 0. The summed E-state index contributed by atoms with van der Waals surface area (Å²) < 4.78 is 17.5. The number of unbranched alkanes of at least 4 members (excludes halogenated alkanes) is 30. The number of allylic oxidation sites excluding steroid dienone is 14. The van der Waals surface area contributed by atoms with Gasteiger partial charge in [-0.15, -0.1) is 0 Å². The second-order valence-electron chi connectivity index (χ2n) is 19.9. The van der Waals surface area contributed by atoms with Crippen LogP contribution >= 0.6 is 0 Å². The topological polar surface area (TPSA) is 61.8 Å². The van der Waals surface area contributed by atoms with Crippen LogP contribution in [0.2, 0.25) is 0 Å². The van der Waals surface area contributed by atoms with Crippen LogP contribution in [0.5, 0.6) is 0 Å². The van der Waals surface area contributed by atoms with Crippen molar-refractivity contribution in [1.29, 1.82) is 0 Å². The fourth-order valence-electron chi connectivity index (χ4n) is 8.45. The molecule has 0 aliphatic heterocycles. The van der Waals surface area contributed by atoms with Crippen LogP contribution in [0.15, 0.2) is 85.1 Å². The molecule has 0 spiro atoms. The van der Waals surface area contributed by atoms with Crippen LogP contribution in [0.4, 0.5) is 0 Å². The minimum absolute atomic E-state index is 0.0665. The molecule has 0 radical (unpaired) electrons. The van der Waals surface area contributed by atoms with Crippen molar-refractivity contribution in [2.45, 2.75) is 297 Å². The highest BCUT2D eigenvalue weighted by Crippen LogP contribution is 2.16. The van der Waals surface area contributed by atoms with E-state index >= 15 is 0 Å². The molecule has 0 aromatic rings. The molecule has 0 saturated carbocycles. The number of rotatable bonds is 55. The maximum absolute atomic E-state index is 12.9. The van der Waals surface area contributed by atoms with Crippen LogP contribution < -0.4 is 0 Å². The highest BCUT2D eigenvalue weighted by Gasteiger charge is 2.17. The molecular weight excluding hydrogens is 861 g/mol. The van der Waals surface area contributed by atoms with Crippen molar-refractivity contribution in [3.63, 3.8) is 0 Å². The Labute approximate surface area is 435 Å². The first kappa shape index (κ1) is 67.1. The van der Waals surface area contributed by atoms with Gasteiger partial charge in [-0.2, -0.15) is 0 Å². The van der Waals surface area contributed by atoms with Crippen molar-refractivity contribution in [2.75, 3.05) is 19.8 Å². The van der Waals surface area contributed by atoms with Crippen molar-refractivity contribution >= 4 is 11.9 Å². The van der Waals surface area contributed by atoms with Gasteiger partial charge in [0.2, 0.25) is 0 Å². The fraction of sp³-hybridized carbons (Fsp3) is 0.754. The molecule has 70 heavy (non-hydrogen) atoms. The monoisotopic (exact) mass is 975 g/mol. The van der Waals surface area contributed by atoms with E-state index in [-0.39, 0.29) is 25.2 Å². The molecule has 1 unspecified atom stereocenters. The van der Waals surface area contributed by atoms with Gasteiger partial charge in [0.05, 0.1) is 6.61 Å². The van der Waals surface area contributed by atoms with Crippen LogP contribution in [0.1, 0.15) is 290 Å². The Balaban J connectivity index is 4.32. The first-order chi connectivity index (χ1) is 34.6. The van der Waals surface area contributed by atoms with Crippen LogP contribution in [0.3, 0.4) is 0 Å². The Hall–Kier alpha value is -2.92. The van der Waals surface area contributed by atoms with Crippen LogP contribution in [0, 0.1) is 0 Å². The number of carbonyl (C=O) groups excluding carboxylic acids is 2. The van der Waals surface area contributed by atoms with Crippen molar-refractivity contribution < 1.29 is 23.8 Å². The zero-order valence-corrected chi connectivity index (χ0v) is 46.5. The van der Waals surface area contributed by atoms with E-state index in [1.54, 1.807) is 0 Å². The van der Waals surface area contributed by atoms with Gasteiger partial charge in [-0.1, -0.05) is 266 Å². The van der Waals surface area contributed by atoms with Gasteiger partial charge in [-0.25, -0.2) is 0 Å². The van der Waals surface area contributed by atoms with E-state index in [0.717, 1.165) is 89.9 Å². The second-order valence-corrected chi connectivity index (χ2v) is 19.9. The average molecular weight is 976 g/mol. The molecule has 0 heterocycles. The largest absolute Gasteiger partial charge is 0.462 e. The predicted molar refractivity (Wildman–Crippen MR) is 307 cm³/mol. The van der Waals surface area contributed by atoms with E-state index in [0.29, 0.717) is 19.4 Å². The number of esters is 2. The zero-order chi connectivity index (χ0) is 50.6. The molecule has 0 aliphatic rings. The van der Waals surface area contributed by atoms with E-state index in [2.05, 4.69) is 106 Å². The lowest BCUT2D eigenvalue weighted by molar-refractivity contribution is -0.163. The van der Waals surface area contributed by atoms with Gasteiger partial charge < -0.3 is 14.2 Å². The number of carbonyl (C=O) groups is 2. The van der Waals surface area contributed by atoms with E-state index in [9.17, 15) is 9.59 Å². The molecule has 0 aromatic carbocycles. The quantitative estimate of drug-likeness (QED) is 0.0345. The summed E-state index contributed by atoms with van der Waals surface area (Å²) in [6.45, 7) is 7.69. The molecule has 404 valence electrons. The van der Waals surface area contributed by atoms with Gasteiger partial charge >= 0.3 is 11.9 Å². The normalized spacial score (nSPS) is 12.8. The van der Waals surface area contributed by atoms with Gasteiger partial charge in [0.25, 0.3) is 0 Å². The zero-order valence-electron chi connectivity index (χ0n) is 46.5. The third-order valence-corrected chi connectivity index (χ3v) is 12.9. The maximum Gasteiger partial charge on any atom is 0.306 e. The summed E-state index contributed by atoms with van der Waals surface area (Å²) in [5.74, 6) is -0.426. The molecule has 1 atom stereocenters. The maximum atomic E-state index is 12.9. The third kappa shape index (κ3) is 57.7. The van der Waals surface area contributed by atoms with Gasteiger partial charge in [0.1, 0.15) is 6.61 Å². The fourth-order valence-corrected chi connectivity index (χ4v) is 8.45. The molecule has 0 N–H and O–H groups in total. The van der Waals surface area contributed by atoms with E-state index in [1.165, 1.54) is 167 Å². The van der Waals surface area contributed by atoms with Gasteiger partial charge in [-0.05, 0) is 96.3 Å². The summed E-state index contributed by atoms with van der Waals surface area (Å²) in [5, 5.41) is 0. The minimum Gasteiger partial charge on any atom is -0.462 e. The number of ether oxygens (including phenoxy) is 3. The lowest BCUT2D eigenvalue weighted by Gasteiger charge is -2.18. The van der Waals surface area contributed by atoms with E-state index in [4.69, 9.17) is 14.2 Å². The molecule has 5 nitrogen and oxygen atoms in total. The standard InChI is InChI=1S/C65H114O5/c1-4-7-10-13-16-19-22-25-28-30-32-34-36-39-42-45-48-51-54-57-60-68-61-63(70-65(67)59-56-53-50-47-44-41-37-27-24-21-18-15-12-9-6-3)62-69-64(66)58-55-52-49-46-43-40-38-35-33-31-29-26-23-20-17-14-11-8-5-2/h8,11,16-17,19-20,25-26,28-29,33,35,40,43,63H,4-7,9-10,12-15,18,21-24,27,30-32,34,36-39,41-42,44-62H2,1-3H3/b11-8-,19-16-,20-17-,28-25-,29-26-,35-33-,43-40-. The molecular formula is C65H114O5. The van der Waals surface area contributed by atoms with Crippen molar-refractivity contribution in [3.8, 4) is 0 Å². The summed E-state index contributed by atoms with van der Waals surface area (Å²) in [5.41, 5.74) is 0. The van der Waals surface area contributed by atoms with Crippen LogP contribution in [-0.4, -0.2) is 37.9 Å². The van der Waals surface area contributed by atoms with Crippen molar-refractivity contribution in [2.24, 2.45) is 0 Å². The summed E-state index contributed by atoms with van der Waals surface area (Å²) in [6.07, 6.45) is 80.4. The molecule has 0 aromatic heterocycles. The van der Waals surface area contributed by atoms with Crippen molar-refractivity contribution in [1.82, 2.24) is 0 Å². The molecule has 0 aliphatic carbocycles. The Bertz CT molecular complexity index is 1290. The summed E-state index contributed by atoms with van der Waals surface area (Å²) in [4.78, 5) is 25.6. The highest BCUT2D eigenvalue weighted by molar-refractivity contribution is 5.70. The molecule has 5 heteroatoms. The predicted octanol–water partition coefficient (Wildman–Crippen LogP) is 20.8. The molecule has 0 rings (SSSR count). The second kappa shape index (κ2) is 60.4. The molecule has 0 fully saturated rings. The van der Waals surface area contributed by atoms with Crippen molar-refractivity contribution in [3.05, 3.63) is 85.1 Å². The summed E-state index contributed by atoms with van der Waals surface area (Å²) in [6, 6.07) is 0. The lowest BCUT2D eigenvalue weighted by atomic mass is 10.0. The van der Waals surface area contributed by atoms with Gasteiger partial charge in [0.15, 0.2) is 6.10 Å². The lowest BCUT2D eigenvalue weighted by Crippen LogP contribution is -2.30. The highest BCUT2D eigenvalue weighted by atomic mass is 16.6. The summed E-state index contributed by atoms with van der Waals surface area (Å²) in [7, 11) is 0. The minimum atomic E-state index is -0.554. The van der Waals surface area contributed by atoms with Gasteiger partial charge in [-0.3, -0.25) is 9.59 Å². The third-order valence-electron chi connectivity index (χ3n) is 12.9. The van der Waals surface area contributed by atoms with Gasteiger partial charge in [0, 0.05) is 19.4 Å². The Morgan fingerprint density at radius 3 is 1.07 bits per heavy atom. The average Bonchev–Trinajstić information content (AvgIpc) is 3.36. The molecule has 0 saturated heterocycles. The van der Waals surface area contributed by atoms with E-state index in [1.807, 2.05) is 0 Å². The molecule has 0 bridgehead atoms. The van der Waals surface area contributed by atoms with Crippen LogP contribution in [0.25, 0.3) is 0 Å².